The quantitative estimate of drug-likeness (QED) is 0.275. The fourth-order valence-corrected chi connectivity index (χ4v) is 2.85. The van der Waals surface area contributed by atoms with E-state index in [2.05, 4.69) is 11.1 Å². The lowest BCUT2D eigenvalue weighted by Gasteiger charge is -2.30. The molecule has 0 rings (SSSR count). The number of rotatable bonds is 15. The average molecular weight is 340 g/mol. The lowest BCUT2D eigenvalue weighted by atomic mass is 10.1. The van der Waals surface area contributed by atoms with Crippen molar-refractivity contribution in [3.05, 3.63) is 0 Å². The molecule has 0 saturated carbocycles. The molecule has 1 N–H and O–H groups in total. The Labute approximate surface area is 135 Å². The van der Waals surface area contributed by atoms with Crippen molar-refractivity contribution in [3.8, 4) is 0 Å². The van der Waals surface area contributed by atoms with Crippen molar-refractivity contribution in [2.45, 2.75) is 84.5 Å². The SMILES string of the molecule is CCCCCCCCCCC(OCC)(OCC)OS(=O)(=O)O. The Hall–Kier alpha value is -0.210. The van der Waals surface area contributed by atoms with Gasteiger partial charge in [0, 0.05) is 19.6 Å². The molecule has 0 aromatic carbocycles. The summed E-state index contributed by atoms with van der Waals surface area (Å²) in [5.41, 5.74) is 0. The van der Waals surface area contributed by atoms with E-state index < -0.39 is 16.4 Å². The minimum atomic E-state index is -4.63. The molecule has 0 aliphatic carbocycles. The molecule has 0 unspecified atom stereocenters. The van der Waals surface area contributed by atoms with Gasteiger partial charge < -0.3 is 9.47 Å². The van der Waals surface area contributed by atoms with Crippen LogP contribution in [0.2, 0.25) is 0 Å². The van der Waals surface area contributed by atoms with E-state index in [9.17, 15) is 8.42 Å². The van der Waals surface area contributed by atoms with Crippen molar-refractivity contribution in [2.75, 3.05) is 13.2 Å². The van der Waals surface area contributed by atoms with Gasteiger partial charge in [-0.1, -0.05) is 51.9 Å². The van der Waals surface area contributed by atoms with Crippen LogP contribution in [-0.4, -0.2) is 32.2 Å². The molecule has 22 heavy (non-hydrogen) atoms. The second kappa shape index (κ2) is 12.2. The second-order valence-electron chi connectivity index (χ2n) is 5.28. The summed E-state index contributed by atoms with van der Waals surface area (Å²) in [6.45, 7) is 6.08. The van der Waals surface area contributed by atoms with Gasteiger partial charge in [0.1, 0.15) is 0 Å². The summed E-state index contributed by atoms with van der Waals surface area (Å²) in [4.78, 5) is 0. The first-order valence-electron chi connectivity index (χ1n) is 8.35. The van der Waals surface area contributed by atoms with Crippen LogP contribution in [0.15, 0.2) is 0 Å². The molecule has 0 bridgehead atoms. The Balaban J connectivity index is 4.22. The molecule has 0 saturated heterocycles. The molecule has 0 aliphatic heterocycles. The van der Waals surface area contributed by atoms with Crippen molar-refractivity contribution >= 4 is 10.4 Å². The maximum atomic E-state index is 11.0. The van der Waals surface area contributed by atoms with E-state index in [0.717, 1.165) is 12.8 Å². The summed E-state index contributed by atoms with van der Waals surface area (Å²) in [6, 6.07) is 0. The van der Waals surface area contributed by atoms with Crippen molar-refractivity contribution in [3.63, 3.8) is 0 Å². The topological polar surface area (TPSA) is 82.1 Å². The lowest BCUT2D eigenvalue weighted by Crippen LogP contribution is -2.41. The monoisotopic (exact) mass is 340 g/mol. The lowest BCUT2D eigenvalue weighted by molar-refractivity contribution is -0.344. The molecule has 6 nitrogen and oxygen atoms in total. The van der Waals surface area contributed by atoms with Crippen LogP contribution in [0.1, 0.15) is 78.6 Å². The standard InChI is InChI=1S/C15H32O6S/c1-4-7-8-9-10-11-12-13-14-15(19-5-2,20-6-3)21-22(16,17)18/h4-14H2,1-3H3,(H,16,17,18). The Morgan fingerprint density at radius 3 is 1.68 bits per heavy atom. The molecule has 0 atom stereocenters. The molecule has 0 amide bonds. The van der Waals surface area contributed by atoms with E-state index in [1.807, 2.05) is 0 Å². The minimum absolute atomic E-state index is 0.229. The molecular weight excluding hydrogens is 308 g/mol. The molecule has 0 aromatic heterocycles. The van der Waals surface area contributed by atoms with Crippen molar-refractivity contribution < 1.29 is 26.6 Å². The fraction of sp³-hybridized carbons (Fsp3) is 1.00. The van der Waals surface area contributed by atoms with Gasteiger partial charge in [0.2, 0.25) is 0 Å². The third kappa shape index (κ3) is 11.4. The van der Waals surface area contributed by atoms with Gasteiger partial charge in [-0.2, -0.15) is 12.6 Å². The number of hydrogen-bond donors (Lipinski definition) is 1. The summed E-state index contributed by atoms with van der Waals surface area (Å²) in [6.07, 6.45) is 9.20. The highest BCUT2D eigenvalue weighted by Gasteiger charge is 2.37. The van der Waals surface area contributed by atoms with Gasteiger partial charge >= 0.3 is 16.4 Å². The Kier molecular flexibility index (Phi) is 12.1. The highest BCUT2D eigenvalue weighted by atomic mass is 32.3. The van der Waals surface area contributed by atoms with Crippen LogP contribution in [0, 0.1) is 0 Å². The van der Waals surface area contributed by atoms with Gasteiger partial charge in [-0.3, -0.25) is 4.55 Å². The van der Waals surface area contributed by atoms with Crippen LogP contribution >= 0.6 is 0 Å². The van der Waals surface area contributed by atoms with Gasteiger partial charge in [0.25, 0.3) is 0 Å². The summed E-state index contributed by atoms with van der Waals surface area (Å²) < 4.78 is 46.2. The van der Waals surface area contributed by atoms with Crippen LogP contribution < -0.4 is 0 Å². The average Bonchev–Trinajstić information content (AvgIpc) is 2.40. The Morgan fingerprint density at radius 1 is 0.818 bits per heavy atom. The van der Waals surface area contributed by atoms with Gasteiger partial charge in [-0.25, -0.2) is 0 Å². The molecule has 0 aliphatic rings. The molecule has 0 radical (unpaired) electrons. The predicted molar refractivity (Wildman–Crippen MR) is 85.8 cm³/mol. The van der Waals surface area contributed by atoms with Crippen molar-refractivity contribution in [2.24, 2.45) is 0 Å². The zero-order valence-electron chi connectivity index (χ0n) is 14.2. The van der Waals surface area contributed by atoms with Gasteiger partial charge in [-0.15, -0.1) is 0 Å². The summed E-state index contributed by atoms with van der Waals surface area (Å²) in [5.74, 6) is -1.71. The predicted octanol–water partition coefficient (Wildman–Crippen LogP) is 4.06. The third-order valence-electron chi connectivity index (χ3n) is 3.30. The van der Waals surface area contributed by atoms with Crippen LogP contribution in [0.5, 0.6) is 0 Å². The van der Waals surface area contributed by atoms with Gasteiger partial charge in [-0.05, 0) is 20.3 Å². The van der Waals surface area contributed by atoms with E-state index in [4.69, 9.17) is 14.0 Å². The van der Waals surface area contributed by atoms with E-state index >= 15 is 0 Å². The van der Waals surface area contributed by atoms with E-state index in [1.165, 1.54) is 32.1 Å². The molecular formula is C15H32O6S. The fourth-order valence-electron chi connectivity index (χ4n) is 2.35. The first-order chi connectivity index (χ1) is 10.4. The minimum Gasteiger partial charge on any atom is -0.327 e. The van der Waals surface area contributed by atoms with Crippen LogP contribution in [0.4, 0.5) is 0 Å². The van der Waals surface area contributed by atoms with Crippen molar-refractivity contribution in [1.82, 2.24) is 0 Å². The molecule has 0 aromatic rings. The first kappa shape index (κ1) is 21.8. The highest BCUT2D eigenvalue weighted by molar-refractivity contribution is 7.80. The molecule has 0 spiro atoms. The van der Waals surface area contributed by atoms with Crippen LogP contribution in [0.3, 0.4) is 0 Å². The number of hydrogen-bond acceptors (Lipinski definition) is 5. The zero-order valence-corrected chi connectivity index (χ0v) is 15.0. The van der Waals surface area contributed by atoms with E-state index in [0.29, 0.717) is 6.42 Å². The molecule has 0 fully saturated rings. The highest BCUT2D eigenvalue weighted by Crippen LogP contribution is 2.25. The molecule has 0 heterocycles. The largest absolute Gasteiger partial charge is 0.401 e. The molecule has 134 valence electrons. The summed E-state index contributed by atoms with van der Waals surface area (Å²) in [7, 11) is -4.63. The maximum Gasteiger partial charge on any atom is 0.401 e. The third-order valence-corrected chi connectivity index (χ3v) is 3.76. The number of unbranched alkanes of at least 4 members (excludes halogenated alkanes) is 7. The van der Waals surface area contributed by atoms with Gasteiger partial charge in [0.15, 0.2) is 0 Å². The van der Waals surface area contributed by atoms with Crippen molar-refractivity contribution in [1.29, 1.82) is 0 Å². The normalized spacial score (nSPS) is 12.7. The van der Waals surface area contributed by atoms with E-state index in [-0.39, 0.29) is 19.6 Å². The van der Waals surface area contributed by atoms with Gasteiger partial charge in [0.05, 0.1) is 0 Å². The second-order valence-corrected chi connectivity index (χ2v) is 6.31. The Bertz CT molecular complexity index is 349. The Morgan fingerprint density at radius 2 is 1.27 bits per heavy atom. The molecule has 7 heteroatoms. The smallest absolute Gasteiger partial charge is 0.327 e. The maximum absolute atomic E-state index is 11.0. The first-order valence-corrected chi connectivity index (χ1v) is 9.71. The van der Waals surface area contributed by atoms with Crippen LogP contribution in [0.25, 0.3) is 0 Å². The van der Waals surface area contributed by atoms with Crippen LogP contribution in [-0.2, 0) is 24.1 Å². The number of ether oxygens (including phenoxy) is 2. The zero-order chi connectivity index (χ0) is 16.9. The summed E-state index contributed by atoms with van der Waals surface area (Å²) >= 11 is 0. The summed E-state index contributed by atoms with van der Waals surface area (Å²) in [5, 5.41) is 0. The van der Waals surface area contributed by atoms with E-state index in [1.54, 1.807) is 13.8 Å².